The van der Waals surface area contributed by atoms with Crippen LogP contribution in [0.1, 0.15) is 33.1 Å². The van der Waals surface area contributed by atoms with Crippen molar-refractivity contribution in [2.75, 3.05) is 20.1 Å². The highest BCUT2D eigenvalue weighted by atomic mass is 16.5. The van der Waals surface area contributed by atoms with E-state index >= 15 is 0 Å². The zero-order chi connectivity index (χ0) is 12.1. The molecule has 0 aliphatic carbocycles. The molecule has 16 heavy (non-hydrogen) atoms. The molecular formula is C12H21NO3. The summed E-state index contributed by atoms with van der Waals surface area (Å²) in [6.07, 6.45) is 1.98. The van der Waals surface area contributed by atoms with E-state index < -0.39 is 0 Å². The molecule has 0 aromatic rings. The maximum Gasteiger partial charge on any atom is 0.302 e. The SMILES string of the molecule is CCCC(=O)C1CN(C)CCC1OC(C)=O. The number of hydrogen-bond donors (Lipinski definition) is 0. The molecule has 1 rings (SSSR count). The first-order valence-electron chi connectivity index (χ1n) is 5.93. The first-order valence-corrected chi connectivity index (χ1v) is 5.93. The van der Waals surface area contributed by atoms with Gasteiger partial charge < -0.3 is 9.64 Å². The number of carbonyl (C=O) groups is 2. The van der Waals surface area contributed by atoms with Crippen molar-refractivity contribution in [3.05, 3.63) is 0 Å². The molecule has 0 bridgehead atoms. The van der Waals surface area contributed by atoms with Crippen LogP contribution < -0.4 is 0 Å². The fourth-order valence-corrected chi connectivity index (χ4v) is 2.19. The molecule has 2 atom stereocenters. The van der Waals surface area contributed by atoms with E-state index in [2.05, 4.69) is 4.90 Å². The van der Waals surface area contributed by atoms with Gasteiger partial charge >= 0.3 is 5.97 Å². The summed E-state index contributed by atoms with van der Waals surface area (Å²) >= 11 is 0. The van der Waals surface area contributed by atoms with Gasteiger partial charge in [0.05, 0.1) is 5.92 Å². The van der Waals surface area contributed by atoms with E-state index in [0.717, 1.165) is 19.4 Å². The fourth-order valence-electron chi connectivity index (χ4n) is 2.19. The number of likely N-dealkylation sites (tertiary alicyclic amines) is 1. The quantitative estimate of drug-likeness (QED) is 0.678. The largest absolute Gasteiger partial charge is 0.462 e. The molecule has 0 radical (unpaired) electrons. The molecule has 1 heterocycles. The summed E-state index contributed by atoms with van der Waals surface area (Å²) < 4.78 is 5.23. The second kappa shape index (κ2) is 5.99. The van der Waals surface area contributed by atoms with Gasteiger partial charge in [-0.2, -0.15) is 0 Å². The van der Waals surface area contributed by atoms with E-state index in [4.69, 9.17) is 4.74 Å². The summed E-state index contributed by atoms with van der Waals surface area (Å²) in [4.78, 5) is 25.0. The second-order valence-electron chi connectivity index (χ2n) is 4.52. The van der Waals surface area contributed by atoms with Gasteiger partial charge in [0.15, 0.2) is 0 Å². The zero-order valence-corrected chi connectivity index (χ0v) is 10.4. The molecule has 1 aliphatic heterocycles. The Morgan fingerprint density at radius 3 is 2.69 bits per heavy atom. The maximum atomic E-state index is 11.9. The third-order valence-corrected chi connectivity index (χ3v) is 2.98. The fraction of sp³-hybridized carbons (Fsp3) is 0.833. The third kappa shape index (κ3) is 3.59. The smallest absolute Gasteiger partial charge is 0.302 e. The van der Waals surface area contributed by atoms with Crippen molar-refractivity contribution < 1.29 is 14.3 Å². The van der Waals surface area contributed by atoms with Crippen molar-refractivity contribution in [3.63, 3.8) is 0 Å². The third-order valence-electron chi connectivity index (χ3n) is 2.98. The topological polar surface area (TPSA) is 46.6 Å². The Morgan fingerprint density at radius 1 is 1.44 bits per heavy atom. The predicted molar refractivity (Wildman–Crippen MR) is 61.1 cm³/mol. The van der Waals surface area contributed by atoms with Crippen LogP contribution in [0.15, 0.2) is 0 Å². The highest BCUT2D eigenvalue weighted by Crippen LogP contribution is 2.22. The summed E-state index contributed by atoms with van der Waals surface area (Å²) in [7, 11) is 2.00. The molecule has 0 spiro atoms. The highest BCUT2D eigenvalue weighted by molar-refractivity contribution is 5.82. The number of rotatable bonds is 4. The van der Waals surface area contributed by atoms with Gasteiger partial charge in [-0.15, -0.1) is 0 Å². The molecule has 0 aromatic heterocycles. The average Bonchev–Trinajstić information content (AvgIpc) is 2.20. The van der Waals surface area contributed by atoms with Gasteiger partial charge in [-0.05, 0) is 19.9 Å². The Morgan fingerprint density at radius 2 is 2.12 bits per heavy atom. The van der Waals surface area contributed by atoms with Crippen LogP contribution in [0.3, 0.4) is 0 Å². The number of ketones is 1. The number of carbonyl (C=O) groups excluding carboxylic acids is 2. The number of piperidine rings is 1. The monoisotopic (exact) mass is 227 g/mol. The Labute approximate surface area is 96.9 Å². The number of esters is 1. The van der Waals surface area contributed by atoms with Crippen molar-refractivity contribution in [3.8, 4) is 0 Å². The minimum absolute atomic E-state index is 0.136. The lowest BCUT2D eigenvalue weighted by Crippen LogP contribution is -2.46. The first-order chi connectivity index (χ1) is 7.54. The van der Waals surface area contributed by atoms with Crippen molar-refractivity contribution in [2.24, 2.45) is 5.92 Å². The summed E-state index contributed by atoms with van der Waals surface area (Å²) in [5.74, 6) is -0.202. The van der Waals surface area contributed by atoms with Gasteiger partial charge in [0.1, 0.15) is 11.9 Å². The molecule has 0 amide bonds. The van der Waals surface area contributed by atoms with Crippen LogP contribution in [-0.2, 0) is 14.3 Å². The number of ether oxygens (including phenoxy) is 1. The van der Waals surface area contributed by atoms with Gasteiger partial charge in [0.25, 0.3) is 0 Å². The summed E-state index contributed by atoms with van der Waals surface area (Å²) in [5, 5.41) is 0. The normalized spacial score (nSPS) is 26.4. The number of Topliss-reactive ketones (excluding diaryl/α,β-unsaturated/α-hetero) is 1. The van der Waals surface area contributed by atoms with Crippen molar-refractivity contribution in [1.29, 1.82) is 0 Å². The van der Waals surface area contributed by atoms with Crippen LogP contribution in [-0.4, -0.2) is 42.9 Å². The van der Waals surface area contributed by atoms with Gasteiger partial charge in [0.2, 0.25) is 0 Å². The molecule has 2 unspecified atom stereocenters. The van der Waals surface area contributed by atoms with Crippen LogP contribution in [0.25, 0.3) is 0 Å². The van der Waals surface area contributed by atoms with Crippen LogP contribution in [0, 0.1) is 5.92 Å². The average molecular weight is 227 g/mol. The molecular weight excluding hydrogens is 206 g/mol. The molecule has 0 N–H and O–H groups in total. The molecule has 0 aromatic carbocycles. The van der Waals surface area contributed by atoms with Crippen LogP contribution in [0.2, 0.25) is 0 Å². The molecule has 92 valence electrons. The van der Waals surface area contributed by atoms with E-state index in [1.165, 1.54) is 6.92 Å². The lowest BCUT2D eigenvalue weighted by molar-refractivity contribution is -0.154. The summed E-state index contributed by atoms with van der Waals surface area (Å²) in [6, 6.07) is 0. The second-order valence-corrected chi connectivity index (χ2v) is 4.52. The van der Waals surface area contributed by atoms with Crippen molar-refractivity contribution in [2.45, 2.75) is 39.2 Å². The zero-order valence-electron chi connectivity index (χ0n) is 10.4. The van der Waals surface area contributed by atoms with Gasteiger partial charge in [-0.3, -0.25) is 9.59 Å². The lowest BCUT2D eigenvalue weighted by Gasteiger charge is -2.35. The van der Waals surface area contributed by atoms with Gasteiger partial charge in [-0.25, -0.2) is 0 Å². The predicted octanol–water partition coefficient (Wildman–Crippen LogP) is 1.24. The Hall–Kier alpha value is -0.900. The summed E-state index contributed by atoms with van der Waals surface area (Å²) in [6.45, 7) is 4.98. The maximum absolute atomic E-state index is 11.9. The molecule has 0 saturated carbocycles. The molecule has 1 aliphatic rings. The Bertz CT molecular complexity index is 265. The van der Waals surface area contributed by atoms with E-state index in [9.17, 15) is 9.59 Å². The molecule has 1 fully saturated rings. The van der Waals surface area contributed by atoms with Gasteiger partial charge in [-0.1, -0.05) is 6.92 Å². The van der Waals surface area contributed by atoms with Gasteiger partial charge in [0, 0.05) is 26.4 Å². The van der Waals surface area contributed by atoms with Crippen molar-refractivity contribution >= 4 is 11.8 Å². The summed E-state index contributed by atoms with van der Waals surface area (Å²) in [5.41, 5.74) is 0. The first kappa shape index (κ1) is 13.2. The molecule has 4 heteroatoms. The number of hydrogen-bond acceptors (Lipinski definition) is 4. The number of nitrogens with zero attached hydrogens (tertiary/aromatic N) is 1. The highest BCUT2D eigenvalue weighted by Gasteiger charge is 2.34. The van der Waals surface area contributed by atoms with Crippen LogP contribution >= 0.6 is 0 Å². The minimum Gasteiger partial charge on any atom is -0.462 e. The van der Waals surface area contributed by atoms with E-state index in [1.54, 1.807) is 0 Å². The Balaban J connectivity index is 2.64. The van der Waals surface area contributed by atoms with Crippen LogP contribution in [0.4, 0.5) is 0 Å². The standard InChI is InChI=1S/C12H21NO3/c1-4-5-11(15)10-8-13(3)7-6-12(10)16-9(2)14/h10,12H,4-8H2,1-3H3. The molecule has 4 nitrogen and oxygen atoms in total. The Kier molecular flexibility index (Phi) is 4.93. The van der Waals surface area contributed by atoms with E-state index in [-0.39, 0.29) is 23.8 Å². The lowest BCUT2D eigenvalue weighted by atomic mass is 9.89. The van der Waals surface area contributed by atoms with Crippen LogP contribution in [0.5, 0.6) is 0 Å². The van der Waals surface area contributed by atoms with E-state index in [0.29, 0.717) is 13.0 Å². The van der Waals surface area contributed by atoms with Crippen molar-refractivity contribution in [1.82, 2.24) is 4.90 Å². The van der Waals surface area contributed by atoms with E-state index in [1.807, 2.05) is 14.0 Å². The molecule has 1 saturated heterocycles. The minimum atomic E-state index is -0.288.